The summed E-state index contributed by atoms with van der Waals surface area (Å²) in [5, 5.41) is 2.86. The third-order valence-corrected chi connectivity index (χ3v) is 3.55. The van der Waals surface area contributed by atoms with Gasteiger partial charge in [0.2, 0.25) is 11.9 Å². The van der Waals surface area contributed by atoms with Gasteiger partial charge in [-0.25, -0.2) is 9.97 Å². The van der Waals surface area contributed by atoms with E-state index in [1.54, 1.807) is 17.1 Å². The fourth-order valence-corrected chi connectivity index (χ4v) is 2.35. The number of aryl methyl sites for hydroxylation is 2. The number of fused-ring (bicyclic) bond motifs is 1. The minimum atomic E-state index is -0.389. The van der Waals surface area contributed by atoms with Crippen LogP contribution in [0.2, 0.25) is 0 Å². The highest BCUT2D eigenvalue weighted by atomic mass is 16.1. The summed E-state index contributed by atoms with van der Waals surface area (Å²) in [6, 6.07) is 0. The van der Waals surface area contributed by atoms with Crippen LogP contribution >= 0.6 is 0 Å². The molecule has 0 aliphatic rings. The molecule has 10 heteroatoms. The van der Waals surface area contributed by atoms with Gasteiger partial charge in [-0.2, -0.15) is 4.98 Å². The van der Waals surface area contributed by atoms with Crippen LogP contribution in [0.5, 0.6) is 0 Å². The molecular formula is C14H18N8O2. The van der Waals surface area contributed by atoms with Crippen molar-refractivity contribution in [1.29, 1.82) is 0 Å². The SMILES string of the molecule is Nc1nc2c(ncn2CCC(=O)NCCCn2ccnc2)c(=O)[nH]1. The van der Waals surface area contributed by atoms with Gasteiger partial charge in [0.1, 0.15) is 0 Å². The minimum Gasteiger partial charge on any atom is -0.369 e. The van der Waals surface area contributed by atoms with Gasteiger partial charge in [-0.3, -0.25) is 14.6 Å². The van der Waals surface area contributed by atoms with Crippen molar-refractivity contribution in [2.24, 2.45) is 0 Å². The Morgan fingerprint density at radius 3 is 3.00 bits per heavy atom. The van der Waals surface area contributed by atoms with E-state index in [0.717, 1.165) is 13.0 Å². The van der Waals surface area contributed by atoms with Crippen molar-refractivity contribution in [1.82, 2.24) is 34.4 Å². The average Bonchev–Trinajstić information content (AvgIpc) is 3.19. The molecule has 0 unspecified atom stereocenters. The van der Waals surface area contributed by atoms with Crippen LogP contribution in [0.3, 0.4) is 0 Å². The van der Waals surface area contributed by atoms with Gasteiger partial charge in [-0.1, -0.05) is 0 Å². The standard InChI is InChI=1S/C14H18N8O2/c15-14-19-12-11(13(24)20-14)18-9-22(12)6-2-10(23)17-3-1-5-21-7-4-16-8-21/h4,7-9H,1-3,5-6H2,(H,17,23)(H3,15,19,20,24). The first kappa shape index (κ1) is 15.7. The molecule has 0 bridgehead atoms. The number of aromatic amines is 1. The molecule has 0 saturated heterocycles. The van der Waals surface area contributed by atoms with Crippen LogP contribution in [0.15, 0.2) is 29.8 Å². The Labute approximate surface area is 136 Å². The summed E-state index contributed by atoms with van der Waals surface area (Å²) < 4.78 is 3.60. The molecule has 4 N–H and O–H groups in total. The van der Waals surface area contributed by atoms with E-state index in [1.807, 2.05) is 10.8 Å². The van der Waals surface area contributed by atoms with Crippen molar-refractivity contribution in [2.75, 3.05) is 12.3 Å². The average molecular weight is 330 g/mol. The molecule has 0 fully saturated rings. The number of nitrogens with zero attached hydrogens (tertiary/aromatic N) is 5. The number of nitrogen functional groups attached to an aromatic ring is 1. The molecule has 0 spiro atoms. The summed E-state index contributed by atoms with van der Waals surface area (Å²) in [6.07, 6.45) is 7.92. The molecule has 0 aromatic carbocycles. The number of anilines is 1. The summed E-state index contributed by atoms with van der Waals surface area (Å²) >= 11 is 0. The maximum atomic E-state index is 11.9. The highest BCUT2D eigenvalue weighted by Gasteiger charge is 2.10. The molecule has 24 heavy (non-hydrogen) atoms. The second-order valence-electron chi connectivity index (χ2n) is 5.32. The van der Waals surface area contributed by atoms with Gasteiger partial charge in [0.15, 0.2) is 11.2 Å². The Kier molecular flexibility index (Phi) is 4.54. The number of nitrogens with one attached hydrogen (secondary N) is 2. The normalized spacial score (nSPS) is 11.0. The van der Waals surface area contributed by atoms with Gasteiger partial charge in [0.05, 0.1) is 12.7 Å². The number of carbonyl (C=O) groups excluding carboxylic acids is 1. The number of amides is 1. The van der Waals surface area contributed by atoms with Gasteiger partial charge in [-0.15, -0.1) is 0 Å². The lowest BCUT2D eigenvalue weighted by atomic mass is 10.3. The summed E-state index contributed by atoms with van der Waals surface area (Å²) in [5.41, 5.74) is 5.74. The van der Waals surface area contributed by atoms with Crippen molar-refractivity contribution in [3.8, 4) is 0 Å². The lowest BCUT2D eigenvalue weighted by molar-refractivity contribution is -0.121. The fourth-order valence-electron chi connectivity index (χ4n) is 2.35. The Morgan fingerprint density at radius 1 is 1.33 bits per heavy atom. The summed E-state index contributed by atoms with van der Waals surface area (Å²) in [4.78, 5) is 38.0. The number of nitrogens with two attached hydrogens (primary N) is 1. The molecule has 126 valence electrons. The number of rotatable bonds is 7. The molecular weight excluding hydrogens is 312 g/mol. The van der Waals surface area contributed by atoms with E-state index in [4.69, 9.17) is 5.73 Å². The first-order chi connectivity index (χ1) is 11.6. The van der Waals surface area contributed by atoms with E-state index >= 15 is 0 Å². The number of carbonyl (C=O) groups is 1. The highest BCUT2D eigenvalue weighted by Crippen LogP contribution is 2.07. The van der Waals surface area contributed by atoms with Crippen LogP contribution in [0.25, 0.3) is 11.2 Å². The van der Waals surface area contributed by atoms with Crippen molar-refractivity contribution < 1.29 is 4.79 Å². The maximum absolute atomic E-state index is 11.9. The van der Waals surface area contributed by atoms with E-state index < -0.39 is 0 Å². The minimum absolute atomic E-state index is 0.0261. The van der Waals surface area contributed by atoms with Crippen molar-refractivity contribution in [3.63, 3.8) is 0 Å². The third-order valence-electron chi connectivity index (χ3n) is 3.55. The van der Waals surface area contributed by atoms with Gasteiger partial charge < -0.3 is 20.2 Å². The smallest absolute Gasteiger partial charge is 0.280 e. The summed E-state index contributed by atoms with van der Waals surface area (Å²) in [7, 11) is 0. The lowest BCUT2D eigenvalue weighted by Crippen LogP contribution is -2.26. The number of H-pyrrole nitrogens is 1. The molecule has 0 aliphatic carbocycles. The molecule has 3 rings (SSSR count). The summed E-state index contributed by atoms with van der Waals surface area (Å²) in [6.45, 7) is 1.77. The number of imidazole rings is 2. The fraction of sp³-hybridized carbons (Fsp3) is 0.357. The van der Waals surface area contributed by atoms with Gasteiger partial charge in [0, 0.05) is 38.4 Å². The topological polar surface area (TPSA) is 137 Å². The lowest BCUT2D eigenvalue weighted by Gasteiger charge is -2.07. The van der Waals surface area contributed by atoms with E-state index in [2.05, 4.69) is 25.3 Å². The molecule has 0 saturated carbocycles. The largest absolute Gasteiger partial charge is 0.369 e. The Balaban J connectivity index is 1.48. The zero-order valence-electron chi connectivity index (χ0n) is 13.0. The quantitative estimate of drug-likeness (QED) is 0.499. The van der Waals surface area contributed by atoms with Gasteiger partial charge in [-0.05, 0) is 6.42 Å². The molecule has 1 amide bonds. The first-order valence-corrected chi connectivity index (χ1v) is 7.56. The number of hydrogen-bond donors (Lipinski definition) is 3. The van der Waals surface area contributed by atoms with Crippen LogP contribution in [0.1, 0.15) is 12.8 Å². The highest BCUT2D eigenvalue weighted by molar-refractivity contribution is 5.76. The van der Waals surface area contributed by atoms with Crippen LogP contribution in [-0.2, 0) is 17.9 Å². The molecule has 0 atom stereocenters. The molecule has 3 heterocycles. The first-order valence-electron chi connectivity index (χ1n) is 7.56. The Hall–Kier alpha value is -3.17. The van der Waals surface area contributed by atoms with Crippen molar-refractivity contribution in [3.05, 3.63) is 35.4 Å². The number of hydrogen-bond acceptors (Lipinski definition) is 6. The monoisotopic (exact) mass is 330 g/mol. The van der Waals surface area contributed by atoms with Crippen LogP contribution in [-0.4, -0.2) is 41.5 Å². The van der Waals surface area contributed by atoms with E-state index in [0.29, 0.717) is 18.7 Å². The molecule has 0 radical (unpaired) electrons. The zero-order valence-corrected chi connectivity index (χ0v) is 13.0. The zero-order chi connectivity index (χ0) is 16.9. The Bertz CT molecular complexity index is 880. The second kappa shape index (κ2) is 6.94. The van der Waals surface area contributed by atoms with E-state index in [1.165, 1.54) is 6.33 Å². The predicted octanol–water partition coefficient (Wildman–Crippen LogP) is -0.505. The van der Waals surface area contributed by atoms with Crippen LogP contribution in [0.4, 0.5) is 5.95 Å². The van der Waals surface area contributed by atoms with Crippen molar-refractivity contribution >= 4 is 23.0 Å². The van der Waals surface area contributed by atoms with Gasteiger partial charge >= 0.3 is 0 Å². The number of aromatic nitrogens is 6. The van der Waals surface area contributed by atoms with Crippen LogP contribution in [0, 0.1) is 0 Å². The second-order valence-corrected chi connectivity index (χ2v) is 5.32. The predicted molar refractivity (Wildman–Crippen MR) is 87.0 cm³/mol. The van der Waals surface area contributed by atoms with E-state index in [-0.39, 0.29) is 29.4 Å². The Morgan fingerprint density at radius 2 is 2.21 bits per heavy atom. The molecule has 3 aromatic heterocycles. The van der Waals surface area contributed by atoms with Crippen molar-refractivity contribution in [2.45, 2.75) is 25.9 Å². The molecule has 3 aromatic rings. The third kappa shape index (κ3) is 3.59. The van der Waals surface area contributed by atoms with E-state index in [9.17, 15) is 9.59 Å². The summed E-state index contributed by atoms with van der Waals surface area (Å²) in [5.74, 6) is -0.0431. The maximum Gasteiger partial charge on any atom is 0.280 e. The molecule has 10 nitrogen and oxygen atoms in total. The molecule has 0 aliphatic heterocycles. The van der Waals surface area contributed by atoms with Crippen LogP contribution < -0.4 is 16.6 Å². The van der Waals surface area contributed by atoms with Gasteiger partial charge in [0.25, 0.3) is 5.56 Å².